The fourth-order valence-electron chi connectivity index (χ4n) is 0.817. The fraction of sp³-hybridized carbons (Fsp3) is 0.222. The lowest BCUT2D eigenvalue weighted by Crippen LogP contribution is -1.85. The molecule has 1 heterocycles. The Balaban J connectivity index is 0.000001000. The van der Waals surface area contributed by atoms with Crippen LogP contribution in [0.2, 0.25) is 0 Å². The average molecular weight is 261 g/mol. The van der Waals surface area contributed by atoms with Gasteiger partial charge in [0.1, 0.15) is 0 Å². The van der Waals surface area contributed by atoms with E-state index in [-0.39, 0.29) is 24.0 Å². The number of hydrogen-bond donors (Lipinski definition) is 0. The second kappa shape index (κ2) is 5.29. The summed E-state index contributed by atoms with van der Waals surface area (Å²) < 4.78 is 0. The van der Waals surface area contributed by atoms with E-state index in [0.29, 0.717) is 0 Å². The van der Waals surface area contributed by atoms with Crippen LogP contribution in [0.4, 0.5) is 0 Å². The first kappa shape index (κ1) is 10.6. The number of hydrogen-bond acceptors (Lipinski definition) is 1. The first-order valence-electron chi connectivity index (χ1n) is 3.44. The summed E-state index contributed by atoms with van der Waals surface area (Å²) in [5, 5.41) is 0. The van der Waals surface area contributed by atoms with Crippen molar-refractivity contribution in [2.24, 2.45) is 0 Å². The lowest BCUT2D eigenvalue weighted by Gasteiger charge is -1.95. The van der Waals surface area contributed by atoms with Gasteiger partial charge in [0.15, 0.2) is 0 Å². The normalized spacial score (nSPS) is 8.45. The summed E-state index contributed by atoms with van der Waals surface area (Å²) in [6, 6.07) is 4.00. The Labute approximate surface area is 84.6 Å². The van der Waals surface area contributed by atoms with Crippen LogP contribution in [0.25, 0.3) is 6.08 Å². The Kier molecular flexibility index (Phi) is 5.11. The molecule has 1 aromatic heterocycles. The Morgan fingerprint density at radius 1 is 1.64 bits per heavy atom. The summed E-state index contributed by atoms with van der Waals surface area (Å²) in [7, 11) is 0. The van der Waals surface area contributed by atoms with Crippen molar-refractivity contribution in [3.8, 4) is 0 Å². The molecule has 0 aliphatic heterocycles. The second-order valence-electron chi connectivity index (χ2n) is 2.14. The van der Waals surface area contributed by atoms with E-state index in [2.05, 4.69) is 18.5 Å². The summed E-state index contributed by atoms with van der Waals surface area (Å²) in [5.41, 5.74) is 2.27. The summed E-state index contributed by atoms with van der Waals surface area (Å²) >= 11 is 0. The average Bonchev–Trinajstić information content (AvgIpc) is 2.05. The second-order valence-corrected chi connectivity index (χ2v) is 2.14. The minimum Gasteiger partial charge on any atom is -0.261 e. The van der Waals surface area contributed by atoms with Crippen molar-refractivity contribution in [2.45, 2.75) is 13.3 Å². The van der Waals surface area contributed by atoms with Crippen molar-refractivity contribution in [2.75, 3.05) is 0 Å². The third-order valence-corrected chi connectivity index (χ3v) is 1.44. The SMILES string of the molecule is C=Cc1ccnc(CC)c1.I. The maximum absolute atomic E-state index is 4.16. The van der Waals surface area contributed by atoms with Gasteiger partial charge in [-0.15, -0.1) is 24.0 Å². The summed E-state index contributed by atoms with van der Waals surface area (Å²) in [5.74, 6) is 0. The van der Waals surface area contributed by atoms with E-state index >= 15 is 0 Å². The van der Waals surface area contributed by atoms with Gasteiger partial charge in [-0.3, -0.25) is 4.98 Å². The standard InChI is InChI=1S/C9H11N.HI/c1-3-8-5-6-10-9(4-2)7-8;/h3,5-7H,1,4H2,2H3;1H. The summed E-state index contributed by atoms with van der Waals surface area (Å²) in [4.78, 5) is 4.16. The fourth-order valence-corrected chi connectivity index (χ4v) is 0.817. The number of nitrogens with zero attached hydrogens (tertiary/aromatic N) is 1. The highest BCUT2D eigenvalue weighted by molar-refractivity contribution is 14.0. The first-order valence-corrected chi connectivity index (χ1v) is 3.44. The van der Waals surface area contributed by atoms with Crippen LogP contribution in [0.15, 0.2) is 24.9 Å². The maximum Gasteiger partial charge on any atom is 0.0406 e. The zero-order chi connectivity index (χ0) is 7.40. The van der Waals surface area contributed by atoms with E-state index < -0.39 is 0 Å². The van der Waals surface area contributed by atoms with Crippen LogP contribution in [0.5, 0.6) is 0 Å². The molecular weight excluding hydrogens is 249 g/mol. The third-order valence-electron chi connectivity index (χ3n) is 1.44. The minimum atomic E-state index is 0. The molecule has 0 aliphatic rings. The van der Waals surface area contributed by atoms with Crippen LogP contribution < -0.4 is 0 Å². The topological polar surface area (TPSA) is 12.9 Å². The van der Waals surface area contributed by atoms with E-state index in [4.69, 9.17) is 0 Å². The molecule has 0 unspecified atom stereocenters. The van der Waals surface area contributed by atoms with Crippen LogP contribution >= 0.6 is 24.0 Å². The molecule has 0 saturated heterocycles. The zero-order valence-corrected chi connectivity index (χ0v) is 8.91. The van der Waals surface area contributed by atoms with Gasteiger partial charge in [-0.25, -0.2) is 0 Å². The van der Waals surface area contributed by atoms with E-state index in [1.54, 1.807) is 0 Å². The van der Waals surface area contributed by atoms with Crippen LogP contribution in [0.3, 0.4) is 0 Å². The van der Waals surface area contributed by atoms with E-state index in [1.807, 2.05) is 24.4 Å². The predicted molar refractivity (Wildman–Crippen MR) is 59.1 cm³/mol. The molecule has 0 radical (unpaired) electrons. The van der Waals surface area contributed by atoms with Crippen LogP contribution in [0, 0.1) is 0 Å². The molecule has 0 fully saturated rings. The highest BCUT2D eigenvalue weighted by Crippen LogP contribution is 2.02. The molecule has 0 bridgehead atoms. The van der Waals surface area contributed by atoms with Gasteiger partial charge < -0.3 is 0 Å². The molecule has 11 heavy (non-hydrogen) atoms. The number of aromatic nitrogens is 1. The van der Waals surface area contributed by atoms with Gasteiger partial charge in [-0.1, -0.05) is 19.6 Å². The zero-order valence-electron chi connectivity index (χ0n) is 6.58. The Bertz CT molecular complexity index is 233. The van der Waals surface area contributed by atoms with Crippen molar-refractivity contribution in [1.29, 1.82) is 0 Å². The molecule has 0 aliphatic carbocycles. The highest BCUT2D eigenvalue weighted by Gasteiger charge is 1.89. The molecular formula is C9H12IN. The highest BCUT2D eigenvalue weighted by atomic mass is 127. The number of halogens is 1. The molecule has 1 nitrogen and oxygen atoms in total. The lowest BCUT2D eigenvalue weighted by molar-refractivity contribution is 1.03. The van der Waals surface area contributed by atoms with Gasteiger partial charge >= 0.3 is 0 Å². The van der Waals surface area contributed by atoms with Crippen molar-refractivity contribution < 1.29 is 0 Å². The third kappa shape index (κ3) is 3.01. The molecule has 0 spiro atoms. The molecule has 0 saturated carbocycles. The van der Waals surface area contributed by atoms with E-state index in [0.717, 1.165) is 17.7 Å². The number of rotatable bonds is 2. The number of aryl methyl sites for hydroxylation is 1. The van der Waals surface area contributed by atoms with Gasteiger partial charge in [-0.05, 0) is 24.1 Å². The van der Waals surface area contributed by atoms with Gasteiger partial charge in [0.2, 0.25) is 0 Å². The Morgan fingerprint density at radius 3 is 2.91 bits per heavy atom. The van der Waals surface area contributed by atoms with Crippen molar-refractivity contribution in [1.82, 2.24) is 4.98 Å². The van der Waals surface area contributed by atoms with Gasteiger partial charge in [0.05, 0.1) is 0 Å². The summed E-state index contributed by atoms with van der Waals surface area (Å²) in [6.45, 7) is 5.77. The van der Waals surface area contributed by atoms with Crippen LogP contribution in [-0.2, 0) is 6.42 Å². The molecule has 60 valence electrons. The van der Waals surface area contributed by atoms with Crippen LogP contribution in [0.1, 0.15) is 18.2 Å². The molecule has 1 rings (SSSR count). The summed E-state index contributed by atoms with van der Waals surface area (Å²) in [6.07, 6.45) is 4.64. The molecule has 0 amide bonds. The Hall–Kier alpha value is -0.380. The van der Waals surface area contributed by atoms with Gasteiger partial charge in [0.25, 0.3) is 0 Å². The quantitative estimate of drug-likeness (QED) is 0.746. The van der Waals surface area contributed by atoms with Gasteiger partial charge in [0, 0.05) is 11.9 Å². The molecule has 1 aromatic rings. The first-order chi connectivity index (χ1) is 4.86. The van der Waals surface area contributed by atoms with Gasteiger partial charge in [-0.2, -0.15) is 0 Å². The molecule has 0 aromatic carbocycles. The van der Waals surface area contributed by atoms with Crippen molar-refractivity contribution in [3.05, 3.63) is 36.2 Å². The molecule has 0 N–H and O–H groups in total. The van der Waals surface area contributed by atoms with Crippen molar-refractivity contribution >= 4 is 30.1 Å². The van der Waals surface area contributed by atoms with E-state index in [1.165, 1.54) is 0 Å². The molecule has 0 atom stereocenters. The largest absolute Gasteiger partial charge is 0.261 e. The molecule has 2 heteroatoms. The van der Waals surface area contributed by atoms with E-state index in [9.17, 15) is 0 Å². The maximum atomic E-state index is 4.16. The van der Waals surface area contributed by atoms with Crippen molar-refractivity contribution in [3.63, 3.8) is 0 Å². The smallest absolute Gasteiger partial charge is 0.0406 e. The minimum absolute atomic E-state index is 0. The Morgan fingerprint density at radius 2 is 2.36 bits per heavy atom. The predicted octanol–water partition coefficient (Wildman–Crippen LogP) is 2.91. The van der Waals surface area contributed by atoms with Crippen LogP contribution in [-0.4, -0.2) is 4.98 Å². The monoisotopic (exact) mass is 261 g/mol. The number of pyridine rings is 1. The lowest BCUT2D eigenvalue weighted by atomic mass is 10.2.